The number of aryl methyl sites for hydroxylation is 1. The van der Waals surface area contributed by atoms with E-state index in [1.54, 1.807) is 0 Å². The van der Waals surface area contributed by atoms with Crippen molar-refractivity contribution in [3.63, 3.8) is 0 Å². The second-order valence-corrected chi connectivity index (χ2v) is 4.83. The van der Waals surface area contributed by atoms with E-state index in [9.17, 15) is 4.79 Å². The van der Waals surface area contributed by atoms with Gasteiger partial charge in [-0.05, 0) is 45.2 Å². The van der Waals surface area contributed by atoms with Gasteiger partial charge in [-0.2, -0.15) is 0 Å². The Hall–Kier alpha value is -1.51. The first-order valence-electron chi connectivity index (χ1n) is 6.31. The summed E-state index contributed by atoms with van der Waals surface area (Å²) in [6.45, 7) is 5.03. The quantitative estimate of drug-likeness (QED) is 0.790. The topological polar surface area (TPSA) is 32.3 Å². The first kappa shape index (κ1) is 12.0. The normalized spacial score (nSPS) is 20.1. The van der Waals surface area contributed by atoms with Gasteiger partial charge in [0.25, 0.3) is 0 Å². The van der Waals surface area contributed by atoms with Crippen LogP contribution >= 0.6 is 0 Å². The standard InChI is InChI=1S/C14H20N2O/c1-11-6-8-13(9-7-11)15-14(17)16-10-4-3-5-12(16)2/h6-9,12H,3-5,10H2,1-2H3,(H,15,17)/t12-/m1/s1. The van der Waals surface area contributed by atoms with Crippen molar-refractivity contribution in [2.24, 2.45) is 0 Å². The van der Waals surface area contributed by atoms with Gasteiger partial charge in [0.2, 0.25) is 0 Å². The number of carbonyl (C=O) groups excluding carboxylic acids is 1. The molecule has 0 aromatic heterocycles. The van der Waals surface area contributed by atoms with Gasteiger partial charge in [0.05, 0.1) is 0 Å². The van der Waals surface area contributed by atoms with Crippen molar-refractivity contribution in [1.82, 2.24) is 4.90 Å². The molecule has 0 spiro atoms. The largest absolute Gasteiger partial charge is 0.322 e. The van der Waals surface area contributed by atoms with Gasteiger partial charge < -0.3 is 10.2 Å². The van der Waals surface area contributed by atoms with E-state index in [1.807, 2.05) is 36.1 Å². The Morgan fingerprint density at radius 2 is 2.00 bits per heavy atom. The van der Waals surface area contributed by atoms with Crippen LogP contribution in [-0.2, 0) is 0 Å². The highest BCUT2D eigenvalue weighted by Gasteiger charge is 2.22. The van der Waals surface area contributed by atoms with Gasteiger partial charge >= 0.3 is 6.03 Å². The molecule has 2 rings (SSSR count). The molecule has 1 heterocycles. The zero-order valence-electron chi connectivity index (χ0n) is 10.6. The fraction of sp³-hybridized carbons (Fsp3) is 0.500. The van der Waals surface area contributed by atoms with E-state index >= 15 is 0 Å². The fourth-order valence-electron chi connectivity index (χ4n) is 2.23. The van der Waals surface area contributed by atoms with Crippen molar-refractivity contribution in [3.05, 3.63) is 29.8 Å². The summed E-state index contributed by atoms with van der Waals surface area (Å²) in [6.07, 6.45) is 3.46. The summed E-state index contributed by atoms with van der Waals surface area (Å²) in [5.41, 5.74) is 2.08. The Morgan fingerprint density at radius 3 is 2.65 bits per heavy atom. The van der Waals surface area contributed by atoms with Crippen LogP contribution in [-0.4, -0.2) is 23.5 Å². The molecule has 3 heteroatoms. The number of piperidine rings is 1. The number of nitrogens with one attached hydrogen (secondary N) is 1. The molecule has 0 saturated carbocycles. The van der Waals surface area contributed by atoms with Crippen LogP contribution in [0.15, 0.2) is 24.3 Å². The monoisotopic (exact) mass is 232 g/mol. The summed E-state index contributed by atoms with van der Waals surface area (Å²) in [4.78, 5) is 14.0. The minimum absolute atomic E-state index is 0.0288. The molecule has 0 bridgehead atoms. The van der Waals surface area contributed by atoms with Crippen molar-refractivity contribution >= 4 is 11.7 Å². The van der Waals surface area contributed by atoms with Crippen molar-refractivity contribution < 1.29 is 4.79 Å². The molecule has 1 N–H and O–H groups in total. The maximum absolute atomic E-state index is 12.1. The number of rotatable bonds is 1. The van der Waals surface area contributed by atoms with Crippen LogP contribution in [0.4, 0.5) is 10.5 Å². The molecule has 17 heavy (non-hydrogen) atoms. The number of hydrogen-bond donors (Lipinski definition) is 1. The summed E-state index contributed by atoms with van der Waals surface area (Å²) in [5, 5.41) is 2.96. The molecule has 1 aliphatic heterocycles. The Morgan fingerprint density at radius 1 is 1.29 bits per heavy atom. The van der Waals surface area contributed by atoms with E-state index in [-0.39, 0.29) is 6.03 Å². The highest BCUT2D eigenvalue weighted by molar-refractivity contribution is 5.89. The maximum Gasteiger partial charge on any atom is 0.322 e. The lowest BCUT2D eigenvalue weighted by Crippen LogP contribution is -2.44. The molecule has 3 nitrogen and oxygen atoms in total. The van der Waals surface area contributed by atoms with E-state index in [1.165, 1.54) is 12.0 Å². The van der Waals surface area contributed by atoms with E-state index in [0.29, 0.717) is 6.04 Å². The zero-order chi connectivity index (χ0) is 12.3. The molecular weight excluding hydrogens is 212 g/mol. The van der Waals surface area contributed by atoms with Crippen molar-refractivity contribution in [2.75, 3.05) is 11.9 Å². The predicted molar refractivity (Wildman–Crippen MR) is 70.2 cm³/mol. The summed E-state index contributed by atoms with van der Waals surface area (Å²) in [7, 11) is 0. The molecule has 1 aromatic carbocycles. The van der Waals surface area contributed by atoms with Crippen LogP contribution in [0, 0.1) is 6.92 Å². The number of nitrogens with zero attached hydrogens (tertiary/aromatic N) is 1. The molecule has 1 fully saturated rings. The third-order valence-corrected chi connectivity index (χ3v) is 3.37. The van der Waals surface area contributed by atoms with Crippen LogP contribution in [0.1, 0.15) is 31.7 Å². The van der Waals surface area contributed by atoms with Gasteiger partial charge in [0, 0.05) is 18.3 Å². The Kier molecular flexibility index (Phi) is 3.67. The second-order valence-electron chi connectivity index (χ2n) is 4.83. The summed E-state index contributed by atoms with van der Waals surface area (Å²) >= 11 is 0. The SMILES string of the molecule is Cc1ccc(NC(=O)N2CCCC[C@H]2C)cc1. The van der Waals surface area contributed by atoms with Crippen LogP contribution < -0.4 is 5.32 Å². The Balaban J connectivity index is 1.98. The molecule has 1 saturated heterocycles. The molecule has 1 atom stereocenters. The number of amides is 2. The first-order chi connectivity index (χ1) is 8.16. The van der Waals surface area contributed by atoms with Gasteiger partial charge in [-0.1, -0.05) is 17.7 Å². The minimum Gasteiger partial charge on any atom is -0.322 e. The van der Waals surface area contributed by atoms with Crippen LogP contribution in [0.2, 0.25) is 0 Å². The minimum atomic E-state index is 0.0288. The number of hydrogen-bond acceptors (Lipinski definition) is 1. The van der Waals surface area contributed by atoms with Crippen LogP contribution in [0.25, 0.3) is 0 Å². The lowest BCUT2D eigenvalue weighted by molar-refractivity contribution is 0.170. The fourth-order valence-corrected chi connectivity index (χ4v) is 2.23. The van der Waals surface area contributed by atoms with Crippen molar-refractivity contribution in [2.45, 2.75) is 39.2 Å². The van der Waals surface area contributed by atoms with Gasteiger partial charge in [-0.15, -0.1) is 0 Å². The van der Waals surface area contributed by atoms with Crippen LogP contribution in [0.3, 0.4) is 0 Å². The summed E-state index contributed by atoms with van der Waals surface area (Å²) in [5.74, 6) is 0. The predicted octanol–water partition coefficient (Wildman–Crippen LogP) is 3.40. The lowest BCUT2D eigenvalue weighted by Gasteiger charge is -2.33. The van der Waals surface area contributed by atoms with E-state index in [4.69, 9.17) is 0 Å². The summed E-state index contributed by atoms with van der Waals surface area (Å²) < 4.78 is 0. The van der Waals surface area contributed by atoms with Gasteiger partial charge in [-0.3, -0.25) is 0 Å². The Bertz CT molecular complexity index is 386. The van der Waals surface area contributed by atoms with E-state index in [0.717, 1.165) is 25.1 Å². The second kappa shape index (κ2) is 5.21. The average molecular weight is 232 g/mol. The van der Waals surface area contributed by atoms with E-state index in [2.05, 4.69) is 12.2 Å². The molecular formula is C14H20N2O. The summed E-state index contributed by atoms with van der Waals surface area (Å²) in [6, 6.07) is 8.30. The lowest BCUT2D eigenvalue weighted by atomic mass is 10.0. The molecule has 0 radical (unpaired) electrons. The molecule has 1 aromatic rings. The van der Waals surface area contributed by atoms with Gasteiger partial charge in [0.1, 0.15) is 0 Å². The highest BCUT2D eigenvalue weighted by atomic mass is 16.2. The molecule has 0 unspecified atom stereocenters. The van der Waals surface area contributed by atoms with Gasteiger partial charge in [-0.25, -0.2) is 4.79 Å². The smallest absolute Gasteiger partial charge is 0.322 e. The molecule has 0 aliphatic carbocycles. The average Bonchev–Trinajstić information content (AvgIpc) is 2.32. The number of benzene rings is 1. The highest BCUT2D eigenvalue weighted by Crippen LogP contribution is 2.18. The van der Waals surface area contributed by atoms with Crippen molar-refractivity contribution in [1.29, 1.82) is 0 Å². The molecule has 2 amide bonds. The molecule has 1 aliphatic rings. The third-order valence-electron chi connectivity index (χ3n) is 3.37. The maximum atomic E-state index is 12.1. The Labute approximate surface area is 103 Å². The number of anilines is 1. The van der Waals surface area contributed by atoms with E-state index < -0.39 is 0 Å². The molecule has 92 valence electrons. The number of carbonyl (C=O) groups is 1. The number of urea groups is 1. The third kappa shape index (κ3) is 2.99. The zero-order valence-corrected chi connectivity index (χ0v) is 10.6. The first-order valence-corrected chi connectivity index (χ1v) is 6.31. The van der Waals surface area contributed by atoms with Gasteiger partial charge in [0.15, 0.2) is 0 Å². The number of likely N-dealkylation sites (tertiary alicyclic amines) is 1. The van der Waals surface area contributed by atoms with Crippen LogP contribution in [0.5, 0.6) is 0 Å². The van der Waals surface area contributed by atoms with Crippen molar-refractivity contribution in [3.8, 4) is 0 Å².